The number of benzene rings is 2. The second kappa shape index (κ2) is 6.65. The van der Waals surface area contributed by atoms with Crippen LogP contribution in [0.2, 0.25) is 5.02 Å². The highest BCUT2D eigenvalue weighted by Gasteiger charge is 2.27. The van der Waals surface area contributed by atoms with Gasteiger partial charge >= 0.3 is 0 Å². The number of hydrogen-bond acceptors (Lipinski definition) is 4. The van der Waals surface area contributed by atoms with Gasteiger partial charge in [0.1, 0.15) is 12.3 Å². The van der Waals surface area contributed by atoms with Crippen molar-refractivity contribution in [2.75, 3.05) is 23.4 Å². The van der Waals surface area contributed by atoms with E-state index in [1.54, 1.807) is 42.6 Å². The summed E-state index contributed by atoms with van der Waals surface area (Å²) < 4.78 is 5.39. The van der Waals surface area contributed by atoms with Gasteiger partial charge in [0.15, 0.2) is 6.61 Å². The SMILES string of the molecule is O=C(CN1C(=O)COc2ccccc21)Nc1ccc(Cl)c2cccnc12. The lowest BCUT2D eigenvalue weighted by atomic mass is 10.2. The number of nitrogens with one attached hydrogen (secondary N) is 1. The van der Waals surface area contributed by atoms with Crippen LogP contribution in [0, 0.1) is 0 Å². The first-order chi connectivity index (χ1) is 12.6. The molecular formula is C19H14ClN3O3. The zero-order chi connectivity index (χ0) is 18.1. The highest BCUT2D eigenvalue weighted by molar-refractivity contribution is 6.36. The maximum absolute atomic E-state index is 12.6. The van der Waals surface area contributed by atoms with Crippen LogP contribution in [0.15, 0.2) is 54.7 Å². The minimum atomic E-state index is -0.329. The predicted octanol–water partition coefficient (Wildman–Crippen LogP) is 3.25. The van der Waals surface area contributed by atoms with Crippen molar-refractivity contribution in [3.8, 4) is 5.75 Å². The van der Waals surface area contributed by atoms with Crippen LogP contribution in [0.5, 0.6) is 5.75 Å². The summed E-state index contributed by atoms with van der Waals surface area (Å²) in [5.41, 5.74) is 1.73. The minimum Gasteiger partial charge on any atom is -0.482 e. The number of carbonyl (C=O) groups is 2. The Bertz CT molecular complexity index is 1020. The number of fused-ring (bicyclic) bond motifs is 2. The molecule has 2 aromatic carbocycles. The molecule has 1 aliphatic heterocycles. The number of pyridine rings is 1. The van der Waals surface area contributed by atoms with Crippen molar-refractivity contribution < 1.29 is 14.3 Å². The average Bonchev–Trinajstić information content (AvgIpc) is 2.67. The topological polar surface area (TPSA) is 71.5 Å². The lowest BCUT2D eigenvalue weighted by Gasteiger charge is -2.28. The third-order valence-electron chi connectivity index (χ3n) is 4.10. The Kier molecular flexibility index (Phi) is 4.18. The molecule has 0 aliphatic carbocycles. The van der Waals surface area contributed by atoms with E-state index in [1.165, 1.54) is 4.90 Å². The quantitative estimate of drug-likeness (QED) is 0.771. The summed E-state index contributed by atoms with van der Waals surface area (Å²) in [4.78, 5) is 30.5. The van der Waals surface area contributed by atoms with Gasteiger partial charge in [-0.1, -0.05) is 23.7 Å². The summed E-state index contributed by atoms with van der Waals surface area (Å²) in [5.74, 6) is -0.0132. The Balaban J connectivity index is 1.59. The van der Waals surface area contributed by atoms with Crippen LogP contribution >= 0.6 is 11.6 Å². The van der Waals surface area contributed by atoms with Gasteiger partial charge < -0.3 is 10.1 Å². The molecule has 1 aromatic heterocycles. The van der Waals surface area contributed by atoms with Gasteiger partial charge in [0.2, 0.25) is 5.91 Å². The van der Waals surface area contributed by atoms with Crippen LogP contribution in [-0.2, 0) is 9.59 Å². The minimum absolute atomic E-state index is 0.0876. The number of anilines is 2. The van der Waals surface area contributed by atoms with E-state index in [0.29, 0.717) is 27.7 Å². The number of ether oxygens (including phenoxy) is 1. The van der Waals surface area contributed by atoms with E-state index < -0.39 is 0 Å². The molecule has 2 amide bonds. The Morgan fingerprint density at radius 1 is 1.19 bits per heavy atom. The van der Waals surface area contributed by atoms with Gasteiger partial charge in [-0.25, -0.2) is 0 Å². The molecule has 0 bridgehead atoms. The standard InChI is InChI=1S/C19H14ClN3O3/c20-13-7-8-14(19-12(13)4-3-9-21-19)22-17(24)10-23-15-5-1-2-6-16(15)26-11-18(23)25/h1-9H,10-11H2,(H,22,24). The van der Waals surface area contributed by atoms with Crippen LogP contribution < -0.4 is 15.0 Å². The van der Waals surface area contributed by atoms with Gasteiger partial charge in [-0.15, -0.1) is 0 Å². The monoisotopic (exact) mass is 367 g/mol. The molecule has 0 radical (unpaired) electrons. The van der Waals surface area contributed by atoms with Crippen molar-refractivity contribution in [2.45, 2.75) is 0 Å². The molecule has 1 aliphatic rings. The summed E-state index contributed by atoms with van der Waals surface area (Å²) >= 11 is 6.18. The Labute approximate surface area is 154 Å². The molecule has 0 saturated carbocycles. The van der Waals surface area contributed by atoms with Gasteiger partial charge in [-0.2, -0.15) is 0 Å². The molecule has 7 heteroatoms. The fraction of sp³-hybridized carbons (Fsp3) is 0.105. The zero-order valence-corrected chi connectivity index (χ0v) is 14.4. The first-order valence-electron chi connectivity index (χ1n) is 7.99. The first kappa shape index (κ1) is 16.4. The van der Waals surface area contributed by atoms with Crippen molar-refractivity contribution >= 4 is 45.7 Å². The zero-order valence-electron chi connectivity index (χ0n) is 13.6. The fourth-order valence-electron chi connectivity index (χ4n) is 2.90. The van der Waals surface area contributed by atoms with Crippen LogP contribution in [0.3, 0.4) is 0 Å². The van der Waals surface area contributed by atoms with E-state index >= 15 is 0 Å². The molecule has 1 N–H and O–H groups in total. The predicted molar refractivity (Wildman–Crippen MR) is 99.7 cm³/mol. The molecule has 2 heterocycles. The van der Waals surface area contributed by atoms with Crippen molar-refractivity contribution in [3.05, 3.63) is 59.8 Å². The van der Waals surface area contributed by atoms with Crippen molar-refractivity contribution in [3.63, 3.8) is 0 Å². The van der Waals surface area contributed by atoms with E-state index in [0.717, 1.165) is 5.39 Å². The fourth-order valence-corrected chi connectivity index (χ4v) is 3.11. The molecule has 0 atom stereocenters. The summed E-state index contributed by atoms with van der Waals surface area (Å²) in [7, 11) is 0. The van der Waals surface area contributed by atoms with Crippen molar-refractivity contribution in [2.24, 2.45) is 0 Å². The van der Waals surface area contributed by atoms with E-state index in [-0.39, 0.29) is 25.0 Å². The van der Waals surface area contributed by atoms with E-state index in [4.69, 9.17) is 16.3 Å². The number of halogens is 1. The van der Waals surface area contributed by atoms with Crippen LogP contribution in [0.4, 0.5) is 11.4 Å². The Hall–Kier alpha value is -3.12. The van der Waals surface area contributed by atoms with E-state index in [2.05, 4.69) is 10.3 Å². The molecule has 4 rings (SSSR count). The van der Waals surface area contributed by atoms with Gasteiger partial charge in [-0.05, 0) is 36.4 Å². The molecule has 0 fully saturated rings. The number of rotatable bonds is 3. The van der Waals surface area contributed by atoms with Crippen LogP contribution in [-0.4, -0.2) is 29.9 Å². The summed E-state index contributed by atoms with van der Waals surface area (Å²) in [6.45, 7) is -0.202. The van der Waals surface area contributed by atoms with Crippen LogP contribution in [0.1, 0.15) is 0 Å². The molecule has 6 nitrogen and oxygen atoms in total. The van der Waals surface area contributed by atoms with Gasteiger partial charge in [-0.3, -0.25) is 19.5 Å². The second-order valence-electron chi connectivity index (χ2n) is 5.78. The first-order valence-corrected chi connectivity index (χ1v) is 8.36. The van der Waals surface area contributed by atoms with Crippen LogP contribution in [0.25, 0.3) is 10.9 Å². The molecular weight excluding hydrogens is 354 g/mol. The largest absolute Gasteiger partial charge is 0.482 e. The van der Waals surface area contributed by atoms with Gasteiger partial charge in [0.25, 0.3) is 5.91 Å². The highest BCUT2D eigenvalue weighted by atomic mass is 35.5. The Morgan fingerprint density at radius 2 is 2.04 bits per heavy atom. The van der Waals surface area contributed by atoms with E-state index in [1.807, 2.05) is 12.1 Å². The average molecular weight is 368 g/mol. The maximum atomic E-state index is 12.6. The lowest BCUT2D eigenvalue weighted by Crippen LogP contribution is -2.43. The van der Waals surface area contributed by atoms with Crippen molar-refractivity contribution in [1.82, 2.24) is 4.98 Å². The molecule has 0 unspecified atom stereocenters. The third kappa shape index (κ3) is 2.95. The maximum Gasteiger partial charge on any atom is 0.265 e. The summed E-state index contributed by atoms with van der Waals surface area (Å²) in [6, 6.07) is 14.1. The molecule has 3 aromatic rings. The lowest BCUT2D eigenvalue weighted by molar-refractivity contribution is -0.123. The molecule has 0 saturated heterocycles. The number of carbonyl (C=O) groups excluding carboxylic acids is 2. The van der Waals surface area contributed by atoms with E-state index in [9.17, 15) is 9.59 Å². The third-order valence-corrected chi connectivity index (χ3v) is 4.43. The summed E-state index contributed by atoms with van der Waals surface area (Å²) in [5, 5.41) is 4.12. The number of amides is 2. The normalized spacial score (nSPS) is 13.3. The molecule has 130 valence electrons. The molecule has 0 spiro atoms. The van der Waals surface area contributed by atoms with Crippen molar-refractivity contribution in [1.29, 1.82) is 0 Å². The number of para-hydroxylation sites is 2. The number of aromatic nitrogens is 1. The van der Waals surface area contributed by atoms with Gasteiger partial charge in [0.05, 0.1) is 21.9 Å². The van der Waals surface area contributed by atoms with Gasteiger partial charge in [0, 0.05) is 11.6 Å². The summed E-state index contributed by atoms with van der Waals surface area (Å²) in [6.07, 6.45) is 1.63. The Morgan fingerprint density at radius 3 is 2.92 bits per heavy atom. The highest BCUT2D eigenvalue weighted by Crippen LogP contribution is 2.32. The molecule has 26 heavy (non-hydrogen) atoms. The number of hydrogen-bond donors (Lipinski definition) is 1. The smallest absolute Gasteiger partial charge is 0.265 e. The second-order valence-corrected chi connectivity index (χ2v) is 6.19. The number of nitrogens with zero attached hydrogens (tertiary/aromatic N) is 2.